The van der Waals surface area contributed by atoms with E-state index < -0.39 is 0 Å². The summed E-state index contributed by atoms with van der Waals surface area (Å²) < 4.78 is 0. The number of aromatic nitrogens is 1. The molecule has 78 valence electrons. The van der Waals surface area contributed by atoms with Crippen molar-refractivity contribution in [3.8, 4) is 0 Å². The highest BCUT2D eigenvalue weighted by molar-refractivity contribution is 6.43. The van der Waals surface area contributed by atoms with E-state index in [1.807, 2.05) is 0 Å². The van der Waals surface area contributed by atoms with Crippen molar-refractivity contribution in [1.82, 2.24) is 4.98 Å². The number of hydrogen-bond donors (Lipinski definition) is 1. The van der Waals surface area contributed by atoms with Crippen molar-refractivity contribution in [2.45, 2.75) is 6.92 Å². The number of halogens is 3. The van der Waals surface area contributed by atoms with Crippen LogP contribution in [0.5, 0.6) is 0 Å². The first kappa shape index (κ1) is 10.8. The highest BCUT2D eigenvalue weighted by Crippen LogP contribution is 2.33. The Bertz CT molecular complexity index is 559. The molecule has 15 heavy (non-hydrogen) atoms. The molecule has 1 heterocycles. The van der Waals surface area contributed by atoms with Crippen molar-refractivity contribution in [1.29, 1.82) is 0 Å². The molecule has 0 fully saturated rings. The third-order valence-corrected chi connectivity index (χ3v) is 3.15. The van der Waals surface area contributed by atoms with Gasteiger partial charge in [0, 0.05) is 10.9 Å². The number of H-pyrrole nitrogens is 1. The van der Waals surface area contributed by atoms with Gasteiger partial charge in [-0.25, -0.2) is 0 Å². The van der Waals surface area contributed by atoms with Crippen LogP contribution in [0.2, 0.25) is 15.2 Å². The van der Waals surface area contributed by atoms with Gasteiger partial charge in [-0.3, -0.25) is 4.79 Å². The van der Waals surface area contributed by atoms with Crippen LogP contribution in [0, 0.1) is 0 Å². The van der Waals surface area contributed by atoms with Crippen LogP contribution in [0.1, 0.15) is 17.3 Å². The molecule has 0 atom stereocenters. The average Bonchev–Trinajstić information content (AvgIpc) is 2.41. The Morgan fingerprint density at radius 1 is 1.20 bits per heavy atom. The number of carbonyl (C=O) groups excluding carboxylic acids is 1. The Hall–Kier alpha value is -0.700. The fraction of sp³-hybridized carbons (Fsp3) is 0.100. The van der Waals surface area contributed by atoms with E-state index in [0.717, 1.165) is 0 Å². The van der Waals surface area contributed by atoms with Crippen LogP contribution in [-0.2, 0) is 0 Å². The highest BCUT2D eigenvalue weighted by atomic mass is 35.5. The SMILES string of the molecule is CC(=O)c1c(Cl)[nH]c2cc(Cl)c(Cl)cc12. The summed E-state index contributed by atoms with van der Waals surface area (Å²) in [5, 5.41) is 1.84. The van der Waals surface area contributed by atoms with Crippen molar-refractivity contribution in [3.05, 3.63) is 32.9 Å². The van der Waals surface area contributed by atoms with E-state index in [2.05, 4.69) is 4.98 Å². The third-order valence-electron chi connectivity index (χ3n) is 2.15. The van der Waals surface area contributed by atoms with Crippen LogP contribution in [0.4, 0.5) is 0 Å². The van der Waals surface area contributed by atoms with Crippen LogP contribution in [-0.4, -0.2) is 10.8 Å². The van der Waals surface area contributed by atoms with Gasteiger partial charge in [0.25, 0.3) is 0 Å². The quantitative estimate of drug-likeness (QED) is 0.762. The summed E-state index contributed by atoms with van der Waals surface area (Å²) in [5.74, 6) is -0.107. The number of ketones is 1. The molecule has 1 aromatic carbocycles. The Kier molecular flexibility index (Phi) is 2.67. The lowest BCUT2D eigenvalue weighted by molar-refractivity contribution is 0.101. The molecule has 5 heteroatoms. The van der Waals surface area contributed by atoms with Crippen molar-refractivity contribution < 1.29 is 4.79 Å². The largest absolute Gasteiger partial charge is 0.345 e. The van der Waals surface area contributed by atoms with E-state index in [9.17, 15) is 4.79 Å². The number of rotatable bonds is 1. The lowest BCUT2D eigenvalue weighted by Crippen LogP contribution is -1.90. The molecule has 2 rings (SSSR count). The molecular formula is C10H6Cl3NO. The first-order valence-electron chi connectivity index (χ1n) is 4.18. The summed E-state index contributed by atoms with van der Waals surface area (Å²) >= 11 is 17.6. The molecule has 0 spiro atoms. The number of Topliss-reactive ketones (excluding diaryl/α,β-unsaturated/α-hetero) is 1. The second-order valence-corrected chi connectivity index (χ2v) is 4.37. The second kappa shape index (κ2) is 3.71. The maximum Gasteiger partial charge on any atom is 0.163 e. The summed E-state index contributed by atoms with van der Waals surface area (Å²) in [4.78, 5) is 14.2. The summed E-state index contributed by atoms with van der Waals surface area (Å²) in [7, 11) is 0. The monoisotopic (exact) mass is 261 g/mol. The van der Waals surface area contributed by atoms with Crippen molar-refractivity contribution in [2.75, 3.05) is 0 Å². The van der Waals surface area contributed by atoms with Gasteiger partial charge in [-0.2, -0.15) is 0 Å². The summed E-state index contributed by atoms with van der Waals surface area (Å²) in [6.07, 6.45) is 0. The number of aromatic amines is 1. The van der Waals surface area contributed by atoms with Crippen LogP contribution >= 0.6 is 34.8 Å². The molecule has 2 nitrogen and oxygen atoms in total. The van der Waals surface area contributed by atoms with Gasteiger partial charge < -0.3 is 4.98 Å². The smallest absolute Gasteiger partial charge is 0.163 e. The fourth-order valence-electron chi connectivity index (χ4n) is 1.50. The van der Waals surface area contributed by atoms with Gasteiger partial charge in [0.1, 0.15) is 5.15 Å². The molecule has 0 bridgehead atoms. The zero-order valence-electron chi connectivity index (χ0n) is 7.70. The van der Waals surface area contributed by atoms with Crippen LogP contribution in [0.3, 0.4) is 0 Å². The summed E-state index contributed by atoms with van der Waals surface area (Å²) in [6.45, 7) is 1.46. The lowest BCUT2D eigenvalue weighted by Gasteiger charge is -1.97. The number of benzene rings is 1. The molecule has 0 saturated heterocycles. The van der Waals surface area contributed by atoms with E-state index in [1.165, 1.54) is 6.92 Å². The maximum atomic E-state index is 11.4. The Morgan fingerprint density at radius 2 is 1.80 bits per heavy atom. The molecule has 0 saturated carbocycles. The minimum atomic E-state index is -0.107. The van der Waals surface area contributed by atoms with Gasteiger partial charge in [-0.1, -0.05) is 34.8 Å². The summed E-state index contributed by atoms with van der Waals surface area (Å²) in [5.41, 5.74) is 1.16. The van der Waals surface area contributed by atoms with Gasteiger partial charge >= 0.3 is 0 Å². The molecule has 0 unspecified atom stereocenters. The summed E-state index contributed by atoms with van der Waals surface area (Å²) in [6, 6.07) is 3.29. The van der Waals surface area contributed by atoms with Crippen LogP contribution < -0.4 is 0 Å². The fourth-order valence-corrected chi connectivity index (χ4v) is 2.16. The Balaban J connectivity index is 2.87. The predicted octanol–water partition coefficient (Wildman–Crippen LogP) is 4.33. The lowest BCUT2D eigenvalue weighted by atomic mass is 10.1. The van der Waals surface area contributed by atoms with E-state index in [-0.39, 0.29) is 5.78 Å². The standard InChI is InChI=1S/C10H6Cl3NO/c1-4(15)9-5-2-6(11)7(12)3-8(5)14-10(9)13/h2-3,14H,1H3. The van der Waals surface area contributed by atoms with Crippen LogP contribution in [0.15, 0.2) is 12.1 Å². The highest BCUT2D eigenvalue weighted by Gasteiger charge is 2.15. The molecule has 0 aliphatic heterocycles. The van der Waals surface area contributed by atoms with Crippen molar-refractivity contribution >= 4 is 51.5 Å². The van der Waals surface area contributed by atoms with E-state index in [4.69, 9.17) is 34.8 Å². The number of fused-ring (bicyclic) bond motifs is 1. The molecule has 1 N–H and O–H groups in total. The number of nitrogens with one attached hydrogen (secondary N) is 1. The van der Waals surface area contributed by atoms with Crippen molar-refractivity contribution in [3.63, 3.8) is 0 Å². The Labute approximate surface area is 101 Å². The second-order valence-electron chi connectivity index (χ2n) is 3.18. The van der Waals surface area contributed by atoms with Gasteiger partial charge in [0.05, 0.1) is 15.6 Å². The number of hydrogen-bond acceptors (Lipinski definition) is 1. The van der Waals surface area contributed by atoms with Crippen LogP contribution in [0.25, 0.3) is 10.9 Å². The van der Waals surface area contributed by atoms with E-state index in [1.54, 1.807) is 12.1 Å². The zero-order chi connectivity index (χ0) is 11.2. The van der Waals surface area contributed by atoms with Gasteiger partial charge in [-0.15, -0.1) is 0 Å². The first-order chi connectivity index (χ1) is 7.00. The number of carbonyl (C=O) groups is 1. The molecule has 0 amide bonds. The molecule has 0 aliphatic rings. The molecule has 2 aromatic rings. The van der Waals surface area contributed by atoms with Gasteiger partial charge in [0.15, 0.2) is 5.78 Å². The molecule has 0 radical (unpaired) electrons. The normalized spacial score (nSPS) is 10.9. The van der Waals surface area contributed by atoms with Gasteiger partial charge in [0.2, 0.25) is 0 Å². The zero-order valence-corrected chi connectivity index (χ0v) is 9.96. The molecular weight excluding hydrogens is 256 g/mol. The van der Waals surface area contributed by atoms with Gasteiger partial charge in [-0.05, 0) is 19.1 Å². The topological polar surface area (TPSA) is 32.9 Å². The van der Waals surface area contributed by atoms with E-state index >= 15 is 0 Å². The predicted molar refractivity (Wildman–Crippen MR) is 63.3 cm³/mol. The molecule has 0 aliphatic carbocycles. The van der Waals surface area contributed by atoms with E-state index in [0.29, 0.717) is 31.7 Å². The minimum absolute atomic E-state index is 0.107. The first-order valence-corrected chi connectivity index (χ1v) is 5.31. The average molecular weight is 263 g/mol. The molecule has 1 aromatic heterocycles. The minimum Gasteiger partial charge on any atom is -0.345 e. The third kappa shape index (κ3) is 1.73. The van der Waals surface area contributed by atoms with Crippen molar-refractivity contribution in [2.24, 2.45) is 0 Å². The Morgan fingerprint density at radius 3 is 2.40 bits per heavy atom. The maximum absolute atomic E-state index is 11.4.